The summed E-state index contributed by atoms with van der Waals surface area (Å²) in [4.78, 5) is 0. The highest BCUT2D eigenvalue weighted by atomic mass is 79.9. The first-order valence-electron chi connectivity index (χ1n) is 10.5. The van der Waals surface area contributed by atoms with Crippen molar-refractivity contribution in [3.05, 3.63) is 92.4 Å². The van der Waals surface area contributed by atoms with E-state index in [-0.39, 0.29) is 13.1 Å². The Kier molecular flexibility index (Phi) is 9.17. The average molecular weight is 613 g/mol. The number of aliphatic hydroxyl groups excluding tert-OH is 1. The fraction of sp³-hybridized carbons (Fsp3) is 0.280. The van der Waals surface area contributed by atoms with E-state index in [9.17, 15) is 13.5 Å². The number of rotatable bonds is 10. The second kappa shape index (κ2) is 11.7. The molecule has 6 nitrogen and oxygen atoms in total. The standard InChI is InChI=1S/C25H27Br2NO5S/c1-17(25(29)23-13-8-20(26)14-24(23)27)34(30,31)28(15-18-4-9-21(32-2)10-5-18)16-19-6-11-22(33-3)12-7-19/h4-14,17,25,29H,15-16H2,1-3H3/t17-,25-/m0/s1. The Balaban J connectivity index is 1.93. The zero-order valence-corrected chi connectivity index (χ0v) is 23.1. The summed E-state index contributed by atoms with van der Waals surface area (Å²) in [7, 11) is -0.751. The van der Waals surface area contributed by atoms with Gasteiger partial charge < -0.3 is 14.6 Å². The van der Waals surface area contributed by atoms with E-state index in [4.69, 9.17) is 9.47 Å². The Morgan fingerprint density at radius 3 is 1.74 bits per heavy atom. The van der Waals surface area contributed by atoms with Crippen molar-refractivity contribution < 1.29 is 23.0 Å². The van der Waals surface area contributed by atoms with E-state index in [1.54, 1.807) is 56.7 Å². The van der Waals surface area contributed by atoms with Crippen molar-refractivity contribution >= 4 is 41.9 Å². The topological polar surface area (TPSA) is 76.1 Å². The van der Waals surface area contributed by atoms with E-state index in [1.807, 2.05) is 24.3 Å². The van der Waals surface area contributed by atoms with Crippen LogP contribution in [0.25, 0.3) is 0 Å². The molecule has 34 heavy (non-hydrogen) atoms. The lowest BCUT2D eigenvalue weighted by Crippen LogP contribution is -2.39. The van der Waals surface area contributed by atoms with Gasteiger partial charge in [0.25, 0.3) is 0 Å². The minimum Gasteiger partial charge on any atom is -0.497 e. The van der Waals surface area contributed by atoms with Crippen molar-refractivity contribution in [1.29, 1.82) is 0 Å². The third-order valence-electron chi connectivity index (χ3n) is 5.59. The maximum atomic E-state index is 13.8. The van der Waals surface area contributed by atoms with E-state index in [1.165, 1.54) is 11.2 Å². The third-order valence-corrected chi connectivity index (χ3v) is 8.95. The molecule has 3 rings (SSSR count). The van der Waals surface area contributed by atoms with Gasteiger partial charge in [-0.15, -0.1) is 0 Å². The zero-order chi connectivity index (χ0) is 24.9. The van der Waals surface area contributed by atoms with Crippen molar-refractivity contribution in [1.82, 2.24) is 4.31 Å². The highest BCUT2D eigenvalue weighted by Gasteiger charge is 2.35. The summed E-state index contributed by atoms with van der Waals surface area (Å²) in [6.45, 7) is 1.83. The molecule has 1 N–H and O–H groups in total. The fourth-order valence-corrected chi connectivity index (χ4v) is 6.38. The van der Waals surface area contributed by atoms with Gasteiger partial charge in [-0.1, -0.05) is 62.2 Å². The van der Waals surface area contributed by atoms with Crippen LogP contribution in [0.2, 0.25) is 0 Å². The normalized spacial score (nSPS) is 13.5. The van der Waals surface area contributed by atoms with Crippen LogP contribution in [0, 0.1) is 0 Å². The van der Waals surface area contributed by atoms with Gasteiger partial charge in [0.05, 0.1) is 20.3 Å². The van der Waals surface area contributed by atoms with Gasteiger partial charge in [0, 0.05) is 22.0 Å². The van der Waals surface area contributed by atoms with Crippen molar-refractivity contribution in [2.75, 3.05) is 14.2 Å². The van der Waals surface area contributed by atoms with Crippen LogP contribution in [0.1, 0.15) is 29.7 Å². The fourth-order valence-electron chi connectivity index (χ4n) is 3.50. The average Bonchev–Trinajstić information content (AvgIpc) is 2.83. The molecule has 0 aliphatic carbocycles. The zero-order valence-electron chi connectivity index (χ0n) is 19.1. The van der Waals surface area contributed by atoms with Crippen molar-refractivity contribution in [2.24, 2.45) is 0 Å². The maximum absolute atomic E-state index is 13.8. The summed E-state index contributed by atoms with van der Waals surface area (Å²) in [6, 6.07) is 19.8. The van der Waals surface area contributed by atoms with E-state index in [0.717, 1.165) is 15.6 Å². The lowest BCUT2D eigenvalue weighted by atomic mass is 10.1. The lowest BCUT2D eigenvalue weighted by Gasteiger charge is -2.29. The van der Waals surface area contributed by atoms with Crippen molar-refractivity contribution in [3.8, 4) is 11.5 Å². The molecule has 9 heteroatoms. The van der Waals surface area contributed by atoms with Crippen LogP contribution in [-0.2, 0) is 23.1 Å². The Morgan fingerprint density at radius 2 is 1.32 bits per heavy atom. The van der Waals surface area contributed by atoms with Gasteiger partial charge in [-0.2, -0.15) is 4.31 Å². The van der Waals surface area contributed by atoms with Crippen molar-refractivity contribution in [3.63, 3.8) is 0 Å². The molecule has 0 spiro atoms. The number of sulfonamides is 1. The molecule has 0 aliphatic rings. The van der Waals surface area contributed by atoms with Gasteiger partial charge in [-0.3, -0.25) is 0 Å². The Morgan fingerprint density at radius 1 is 0.853 bits per heavy atom. The number of hydrogen-bond acceptors (Lipinski definition) is 5. The number of halogens is 2. The van der Waals surface area contributed by atoms with Gasteiger partial charge in [-0.05, 0) is 60.0 Å². The molecule has 0 saturated heterocycles. The number of benzene rings is 3. The molecular formula is C25H27Br2NO5S. The first-order chi connectivity index (χ1) is 16.1. The summed E-state index contributed by atoms with van der Waals surface area (Å²) in [6.07, 6.45) is -1.22. The second-order valence-corrected chi connectivity index (χ2v) is 11.9. The van der Waals surface area contributed by atoms with E-state index in [0.29, 0.717) is 21.5 Å². The number of nitrogens with zero attached hydrogens (tertiary/aromatic N) is 1. The quantitative estimate of drug-likeness (QED) is 0.319. The highest BCUT2D eigenvalue weighted by Crippen LogP contribution is 2.33. The summed E-state index contributed by atoms with van der Waals surface area (Å²) < 4.78 is 40.8. The second-order valence-electron chi connectivity index (χ2n) is 7.82. The summed E-state index contributed by atoms with van der Waals surface area (Å²) in [5.41, 5.74) is 2.13. The Hall–Kier alpha value is -1.91. The number of methoxy groups -OCH3 is 2. The van der Waals surface area contributed by atoms with Crippen LogP contribution in [0.5, 0.6) is 11.5 Å². The molecule has 3 aromatic rings. The van der Waals surface area contributed by atoms with E-state index in [2.05, 4.69) is 31.9 Å². The number of hydrogen-bond donors (Lipinski definition) is 1. The molecule has 0 heterocycles. The molecule has 0 saturated carbocycles. The molecule has 0 unspecified atom stereocenters. The molecule has 0 fully saturated rings. The van der Waals surface area contributed by atoms with Gasteiger partial charge in [0.1, 0.15) is 16.7 Å². The van der Waals surface area contributed by atoms with E-state index >= 15 is 0 Å². The largest absolute Gasteiger partial charge is 0.497 e. The highest BCUT2D eigenvalue weighted by molar-refractivity contribution is 9.11. The first-order valence-corrected chi connectivity index (χ1v) is 13.6. The minimum absolute atomic E-state index is 0.150. The third kappa shape index (κ3) is 6.40. The number of ether oxygens (including phenoxy) is 2. The molecule has 0 radical (unpaired) electrons. The molecule has 0 aromatic heterocycles. The summed E-state index contributed by atoms with van der Waals surface area (Å²) in [5, 5.41) is 9.95. The van der Waals surface area contributed by atoms with Crippen LogP contribution in [0.15, 0.2) is 75.7 Å². The van der Waals surface area contributed by atoms with Gasteiger partial charge in [0.15, 0.2) is 0 Å². The molecule has 2 atom stereocenters. The molecule has 0 aliphatic heterocycles. The lowest BCUT2D eigenvalue weighted by molar-refractivity contribution is 0.171. The predicted molar refractivity (Wildman–Crippen MR) is 140 cm³/mol. The predicted octanol–water partition coefficient (Wildman–Crippen LogP) is 5.68. The summed E-state index contributed by atoms with van der Waals surface area (Å²) >= 11 is 6.82. The Bertz CT molecular complexity index is 1150. The van der Waals surface area contributed by atoms with Crippen LogP contribution in [-0.4, -0.2) is 37.3 Å². The SMILES string of the molecule is COc1ccc(CN(Cc2ccc(OC)cc2)S(=O)(=O)[C@@H](C)[C@H](O)c2ccc(Br)cc2Br)cc1. The monoisotopic (exact) mass is 611 g/mol. The van der Waals surface area contributed by atoms with Crippen LogP contribution < -0.4 is 9.47 Å². The van der Waals surface area contributed by atoms with Gasteiger partial charge >= 0.3 is 0 Å². The molecule has 3 aromatic carbocycles. The minimum atomic E-state index is -3.91. The first kappa shape index (κ1) is 26.7. The van der Waals surface area contributed by atoms with Gasteiger partial charge in [0.2, 0.25) is 10.0 Å². The van der Waals surface area contributed by atoms with Gasteiger partial charge in [-0.25, -0.2) is 8.42 Å². The molecule has 0 amide bonds. The molecular weight excluding hydrogens is 586 g/mol. The molecule has 182 valence electrons. The molecule has 0 bridgehead atoms. The van der Waals surface area contributed by atoms with E-state index < -0.39 is 21.4 Å². The van der Waals surface area contributed by atoms with Crippen molar-refractivity contribution in [2.45, 2.75) is 31.4 Å². The Labute approximate surface area is 217 Å². The smallest absolute Gasteiger partial charge is 0.220 e. The van der Waals surface area contributed by atoms with Crippen LogP contribution >= 0.6 is 31.9 Å². The van der Waals surface area contributed by atoms with Crippen LogP contribution in [0.3, 0.4) is 0 Å². The maximum Gasteiger partial charge on any atom is 0.220 e. The summed E-state index contributed by atoms with van der Waals surface area (Å²) in [5.74, 6) is 1.38. The van der Waals surface area contributed by atoms with Crippen LogP contribution in [0.4, 0.5) is 0 Å². The number of aliphatic hydroxyl groups is 1.